The minimum absolute atomic E-state index is 0.254. The first-order valence-electron chi connectivity index (χ1n) is 10.6. The molecule has 1 aromatic heterocycles. The van der Waals surface area contributed by atoms with Crippen LogP contribution in [-0.4, -0.2) is 57.8 Å². The number of aromatic amines is 1. The second-order valence-electron chi connectivity index (χ2n) is 8.67. The van der Waals surface area contributed by atoms with Gasteiger partial charge in [-0.2, -0.15) is 4.98 Å². The molecule has 8 heteroatoms. The molecule has 0 amide bonds. The van der Waals surface area contributed by atoms with Crippen LogP contribution in [0.1, 0.15) is 24.8 Å². The molecular formula is C23H23ClN2O5. The van der Waals surface area contributed by atoms with Crippen LogP contribution < -0.4 is 4.74 Å². The van der Waals surface area contributed by atoms with Gasteiger partial charge in [-0.1, -0.05) is 35.9 Å². The normalized spacial score (nSPS) is 29.1. The lowest BCUT2D eigenvalue weighted by Gasteiger charge is -2.37. The molecule has 1 aliphatic carbocycles. The first kappa shape index (κ1) is 19.5. The molecule has 2 aromatic carbocycles. The molecule has 3 aliphatic rings. The van der Waals surface area contributed by atoms with Gasteiger partial charge in [0.1, 0.15) is 18.3 Å². The average molecular weight is 443 g/mol. The monoisotopic (exact) mass is 442 g/mol. The van der Waals surface area contributed by atoms with Crippen LogP contribution in [0.15, 0.2) is 36.4 Å². The van der Waals surface area contributed by atoms with E-state index in [4.69, 9.17) is 25.8 Å². The van der Waals surface area contributed by atoms with E-state index in [1.807, 2.05) is 36.4 Å². The second-order valence-corrected chi connectivity index (χ2v) is 9.08. The minimum atomic E-state index is -0.678. The Bertz CT molecular complexity index is 1130. The van der Waals surface area contributed by atoms with E-state index in [9.17, 15) is 10.2 Å². The third-order valence-electron chi connectivity index (χ3n) is 6.71. The highest BCUT2D eigenvalue weighted by Gasteiger charge is 2.48. The van der Waals surface area contributed by atoms with E-state index in [0.29, 0.717) is 17.6 Å². The summed E-state index contributed by atoms with van der Waals surface area (Å²) in [6.07, 6.45) is 1.09. The van der Waals surface area contributed by atoms with Crippen molar-refractivity contribution in [1.82, 2.24) is 9.97 Å². The highest BCUT2D eigenvalue weighted by Crippen LogP contribution is 2.42. The van der Waals surface area contributed by atoms with Crippen molar-refractivity contribution >= 4 is 22.6 Å². The topological polar surface area (TPSA) is 96.8 Å². The number of hydrogen-bond donors (Lipinski definition) is 3. The average Bonchev–Trinajstić information content (AvgIpc) is 3.43. The van der Waals surface area contributed by atoms with E-state index in [-0.39, 0.29) is 24.9 Å². The predicted molar refractivity (Wildman–Crippen MR) is 114 cm³/mol. The molecule has 31 heavy (non-hydrogen) atoms. The van der Waals surface area contributed by atoms with Crippen molar-refractivity contribution in [2.24, 2.45) is 0 Å². The van der Waals surface area contributed by atoms with E-state index in [2.05, 4.69) is 9.97 Å². The van der Waals surface area contributed by atoms with Crippen molar-refractivity contribution in [2.45, 2.75) is 49.3 Å². The molecule has 3 fully saturated rings. The largest absolute Gasteiger partial charge is 0.456 e. The fourth-order valence-corrected chi connectivity index (χ4v) is 5.01. The van der Waals surface area contributed by atoms with E-state index >= 15 is 0 Å². The maximum atomic E-state index is 10.5. The summed E-state index contributed by atoms with van der Waals surface area (Å²) in [5, 5.41) is 21.0. The number of aliphatic hydroxyl groups excluding tert-OH is 1. The fraction of sp³-hybridized carbons (Fsp3) is 0.435. The van der Waals surface area contributed by atoms with E-state index in [0.717, 1.165) is 47.0 Å². The molecule has 0 radical (unpaired) electrons. The fourth-order valence-electron chi connectivity index (χ4n) is 4.73. The Balaban J connectivity index is 1.26. The summed E-state index contributed by atoms with van der Waals surface area (Å²) in [5.74, 6) is 0. The van der Waals surface area contributed by atoms with Gasteiger partial charge in [0.2, 0.25) is 0 Å². The summed E-state index contributed by atoms with van der Waals surface area (Å²) in [6.45, 7) is 0.596. The number of aromatic nitrogens is 2. The van der Waals surface area contributed by atoms with Crippen LogP contribution in [0.25, 0.3) is 22.2 Å². The van der Waals surface area contributed by atoms with Crippen molar-refractivity contribution in [2.75, 3.05) is 13.2 Å². The summed E-state index contributed by atoms with van der Waals surface area (Å²) in [4.78, 5) is 7.72. The molecule has 0 spiro atoms. The Morgan fingerprint density at radius 2 is 1.87 bits per heavy atom. The molecule has 2 aliphatic heterocycles. The number of benzene rings is 2. The first-order chi connectivity index (χ1) is 15.0. The van der Waals surface area contributed by atoms with Gasteiger partial charge in [-0.05, 0) is 42.5 Å². The molecule has 0 bridgehead atoms. The van der Waals surface area contributed by atoms with Gasteiger partial charge in [-0.3, -0.25) is 0 Å². The maximum absolute atomic E-state index is 10.5. The zero-order valence-corrected chi connectivity index (χ0v) is 17.5. The molecular weight excluding hydrogens is 420 g/mol. The van der Waals surface area contributed by atoms with Gasteiger partial charge in [-0.15, -0.1) is 0 Å². The number of nitrogens with zero attached hydrogens (tertiary/aromatic N) is 1. The van der Waals surface area contributed by atoms with Crippen LogP contribution >= 0.6 is 11.6 Å². The number of H-pyrrole nitrogens is 1. The Morgan fingerprint density at radius 3 is 2.61 bits per heavy atom. The van der Waals surface area contributed by atoms with Gasteiger partial charge < -0.3 is 29.4 Å². The Morgan fingerprint density at radius 1 is 1.10 bits per heavy atom. The first-order valence-corrected chi connectivity index (χ1v) is 11.0. The van der Waals surface area contributed by atoms with Gasteiger partial charge in [0.05, 0.1) is 34.9 Å². The third-order valence-corrected chi connectivity index (χ3v) is 7.02. The van der Waals surface area contributed by atoms with Gasteiger partial charge in [-0.25, -0.2) is 0 Å². The lowest BCUT2D eigenvalue weighted by Crippen LogP contribution is -2.34. The molecule has 4 unspecified atom stereocenters. The van der Waals surface area contributed by atoms with Crippen LogP contribution in [0.5, 0.6) is 6.01 Å². The van der Waals surface area contributed by atoms with Crippen LogP contribution in [0.3, 0.4) is 0 Å². The lowest BCUT2D eigenvalue weighted by molar-refractivity contribution is -0.0387. The van der Waals surface area contributed by atoms with Crippen LogP contribution in [0.4, 0.5) is 0 Å². The van der Waals surface area contributed by atoms with Gasteiger partial charge in [0.25, 0.3) is 6.01 Å². The van der Waals surface area contributed by atoms with Crippen LogP contribution in [0, 0.1) is 0 Å². The van der Waals surface area contributed by atoms with Crippen molar-refractivity contribution in [3.05, 3.63) is 47.0 Å². The highest BCUT2D eigenvalue weighted by atomic mass is 35.5. The minimum Gasteiger partial charge on any atom is -0.456 e. The zero-order chi connectivity index (χ0) is 21.2. The molecule has 6 rings (SSSR count). The second kappa shape index (κ2) is 7.18. The Labute approximate surface area is 183 Å². The molecule has 162 valence electrons. The Kier molecular flexibility index (Phi) is 4.52. The van der Waals surface area contributed by atoms with Crippen molar-refractivity contribution in [3.8, 4) is 17.1 Å². The van der Waals surface area contributed by atoms with Gasteiger partial charge in [0, 0.05) is 5.56 Å². The summed E-state index contributed by atoms with van der Waals surface area (Å²) in [5.41, 5.74) is 3.61. The summed E-state index contributed by atoms with van der Waals surface area (Å²) in [7, 11) is 0. The third kappa shape index (κ3) is 3.23. The smallest absolute Gasteiger partial charge is 0.295 e. The molecule has 2 saturated heterocycles. The number of hydrogen-bond acceptors (Lipinski definition) is 6. The number of fused-ring (bicyclic) bond motifs is 2. The van der Waals surface area contributed by atoms with E-state index in [1.165, 1.54) is 0 Å². The molecule has 3 aromatic rings. The quantitative estimate of drug-likeness (QED) is 0.574. The summed E-state index contributed by atoms with van der Waals surface area (Å²) in [6, 6.07) is 12.1. The number of nitrogens with one attached hydrogen (secondary N) is 1. The number of rotatable bonds is 4. The maximum Gasteiger partial charge on any atom is 0.295 e. The standard InChI is InChI=1S/C23H23ClN2O5/c24-15-9-17-16(8-14(15)12-2-4-13(5-3-12)23(28)6-1-7-23)25-22(26-17)31-19-11-30-20-18(27)10-29-21(19)20/h2-5,8-9,18-21,27-28H,1,6-7,10-11H2,(H,25,26). The Hall–Kier alpha value is -2.16. The van der Waals surface area contributed by atoms with E-state index < -0.39 is 11.7 Å². The molecule has 3 N–H and O–H groups in total. The van der Waals surface area contributed by atoms with Crippen molar-refractivity contribution in [3.63, 3.8) is 0 Å². The van der Waals surface area contributed by atoms with Crippen molar-refractivity contribution < 1.29 is 24.4 Å². The summed E-state index contributed by atoms with van der Waals surface area (Å²) >= 11 is 6.57. The molecule has 1 saturated carbocycles. The highest BCUT2D eigenvalue weighted by molar-refractivity contribution is 6.34. The molecule has 7 nitrogen and oxygen atoms in total. The van der Waals surface area contributed by atoms with E-state index in [1.54, 1.807) is 0 Å². The lowest BCUT2D eigenvalue weighted by atomic mass is 9.75. The van der Waals surface area contributed by atoms with Crippen LogP contribution in [-0.2, 0) is 15.1 Å². The molecule has 4 atom stereocenters. The molecule has 3 heterocycles. The predicted octanol–water partition coefficient (Wildman–Crippen LogP) is 3.16. The van der Waals surface area contributed by atoms with Crippen LogP contribution in [0.2, 0.25) is 5.02 Å². The SMILES string of the molecule is OC1COC2C(Oc3nc4cc(-c5ccc(C6(O)CCC6)cc5)c(Cl)cc4[nH]3)COC12. The number of imidazole rings is 1. The van der Waals surface area contributed by atoms with Crippen molar-refractivity contribution in [1.29, 1.82) is 0 Å². The van der Waals surface area contributed by atoms with Gasteiger partial charge in [0.15, 0.2) is 6.10 Å². The number of ether oxygens (including phenoxy) is 3. The number of aliphatic hydroxyl groups is 2. The zero-order valence-electron chi connectivity index (χ0n) is 16.8. The summed E-state index contributed by atoms with van der Waals surface area (Å²) < 4.78 is 17.2. The number of halogens is 1. The van der Waals surface area contributed by atoms with Gasteiger partial charge >= 0.3 is 0 Å².